The summed E-state index contributed by atoms with van der Waals surface area (Å²) in [6.07, 6.45) is 1.67. The number of carbonyl (C=O) groups excluding carboxylic acids is 3. The van der Waals surface area contributed by atoms with Gasteiger partial charge < -0.3 is 25.0 Å². The summed E-state index contributed by atoms with van der Waals surface area (Å²) < 4.78 is 10.2. The van der Waals surface area contributed by atoms with Crippen molar-refractivity contribution in [3.63, 3.8) is 0 Å². The molecular formula is C27H28ClN5O5. The largest absolute Gasteiger partial charge is 0.497 e. The quantitative estimate of drug-likeness (QED) is 0.335. The standard InChI is InChI=1S/C27H28ClN5O5/c1-16-23(25(34)38-4)24(17-5-8-19(37-3)9-6-17)33(27(36)32(16)2)26(35)31-14-13-30-21-11-12-29-22-15-18(28)7-10-20(21)22/h5-12,15,24H,13-14H2,1-4H3,(H,29,30)(H,31,35). The Balaban J connectivity index is 1.55. The molecule has 4 amide bonds. The number of esters is 1. The first-order chi connectivity index (χ1) is 18.3. The lowest BCUT2D eigenvalue weighted by Gasteiger charge is -2.40. The van der Waals surface area contributed by atoms with Crippen LogP contribution in [0.4, 0.5) is 15.3 Å². The summed E-state index contributed by atoms with van der Waals surface area (Å²) in [7, 11) is 4.31. The molecule has 10 nitrogen and oxygen atoms in total. The third-order valence-electron chi connectivity index (χ3n) is 6.39. The van der Waals surface area contributed by atoms with Gasteiger partial charge in [0.1, 0.15) is 11.8 Å². The van der Waals surface area contributed by atoms with Gasteiger partial charge in [0.15, 0.2) is 0 Å². The van der Waals surface area contributed by atoms with E-state index >= 15 is 0 Å². The smallest absolute Gasteiger partial charge is 0.338 e. The number of methoxy groups -OCH3 is 2. The SMILES string of the molecule is COC(=O)C1=C(C)N(C)C(=O)N(C(=O)NCCNc2ccnc3cc(Cl)ccc23)C1c1ccc(OC)cc1. The van der Waals surface area contributed by atoms with E-state index in [4.69, 9.17) is 21.1 Å². The molecule has 0 fully saturated rings. The molecule has 1 atom stereocenters. The number of fused-ring (bicyclic) bond motifs is 1. The second-order valence-corrected chi connectivity index (χ2v) is 8.99. The van der Waals surface area contributed by atoms with E-state index in [1.165, 1.54) is 26.2 Å². The van der Waals surface area contributed by atoms with E-state index in [-0.39, 0.29) is 12.1 Å². The summed E-state index contributed by atoms with van der Waals surface area (Å²) in [6.45, 7) is 2.22. The van der Waals surface area contributed by atoms with Crippen LogP contribution in [0.5, 0.6) is 5.75 Å². The molecule has 1 aromatic heterocycles. The number of imide groups is 1. The molecule has 1 aliphatic heterocycles. The Morgan fingerprint density at radius 1 is 1.08 bits per heavy atom. The number of anilines is 1. The van der Waals surface area contributed by atoms with Crippen LogP contribution in [0.25, 0.3) is 10.9 Å². The fourth-order valence-electron chi connectivity index (χ4n) is 4.33. The van der Waals surface area contributed by atoms with Gasteiger partial charge in [-0.3, -0.25) is 4.98 Å². The average molecular weight is 538 g/mol. The van der Waals surface area contributed by atoms with Crippen LogP contribution < -0.4 is 15.4 Å². The Bertz CT molecular complexity index is 1410. The Labute approximate surface area is 225 Å². The molecule has 2 aromatic carbocycles. The maximum Gasteiger partial charge on any atom is 0.338 e. The van der Waals surface area contributed by atoms with Crippen molar-refractivity contribution >= 4 is 46.2 Å². The van der Waals surface area contributed by atoms with Gasteiger partial charge in [0, 0.05) is 48.1 Å². The van der Waals surface area contributed by atoms with Crippen LogP contribution in [0.2, 0.25) is 5.02 Å². The Kier molecular flexibility index (Phi) is 8.02. The van der Waals surface area contributed by atoms with Crippen molar-refractivity contribution in [3.05, 3.63) is 76.6 Å². The van der Waals surface area contributed by atoms with Crippen molar-refractivity contribution in [2.24, 2.45) is 0 Å². The van der Waals surface area contributed by atoms with Gasteiger partial charge in [0.05, 0.1) is 25.3 Å². The lowest BCUT2D eigenvalue weighted by atomic mass is 9.93. The van der Waals surface area contributed by atoms with Gasteiger partial charge >= 0.3 is 18.0 Å². The zero-order chi connectivity index (χ0) is 27.4. The number of halogens is 1. The molecule has 0 saturated carbocycles. The van der Waals surface area contributed by atoms with E-state index in [1.807, 2.05) is 12.1 Å². The van der Waals surface area contributed by atoms with E-state index in [1.54, 1.807) is 49.5 Å². The van der Waals surface area contributed by atoms with E-state index in [0.29, 0.717) is 28.6 Å². The summed E-state index contributed by atoms with van der Waals surface area (Å²) >= 11 is 6.07. The van der Waals surface area contributed by atoms with E-state index in [2.05, 4.69) is 15.6 Å². The van der Waals surface area contributed by atoms with Crippen LogP contribution in [-0.4, -0.2) is 67.2 Å². The summed E-state index contributed by atoms with van der Waals surface area (Å²) in [4.78, 5) is 46.2. The predicted molar refractivity (Wildman–Crippen MR) is 144 cm³/mol. The minimum absolute atomic E-state index is 0.190. The molecule has 0 spiro atoms. The molecule has 0 aliphatic carbocycles. The number of nitrogens with one attached hydrogen (secondary N) is 2. The van der Waals surface area contributed by atoms with Gasteiger partial charge in [-0.25, -0.2) is 19.3 Å². The molecule has 0 radical (unpaired) electrons. The number of benzene rings is 2. The number of ether oxygens (including phenoxy) is 2. The lowest BCUT2D eigenvalue weighted by molar-refractivity contribution is -0.137. The zero-order valence-corrected chi connectivity index (χ0v) is 22.2. The predicted octanol–water partition coefficient (Wildman–Crippen LogP) is 4.57. The van der Waals surface area contributed by atoms with Gasteiger partial charge in [-0.1, -0.05) is 23.7 Å². The van der Waals surface area contributed by atoms with Crippen molar-refractivity contribution in [2.75, 3.05) is 39.7 Å². The minimum Gasteiger partial charge on any atom is -0.497 e. The Morgan fingerprint density at radius 3 is 2.50 bits per heavy atom. The number of amides is 4. The van der Waals surface area contributed by atoms with E-state index < -0.39 is 24.1 Å². The molecule has 2 N–H and O–H groups in total. The number of hydrogen-bond acceptors (Lipinski definition) is 7. The van der Waals surface area contributed by atoms with Crippen molar-refractivity contribution in [1.29, 1.82) is 0 Å². The van der Waals surface area contributed by atoms with Crippen LogP contribution in [0.15, 0.2) is 66.0 Å². The van der Waals surface area contributed by atoms with Crippen molar-refractivity contribution in [1.82, 2.24) is 20.1 Å². The van der Waals surface area contributed by atoms with Crippen molar-refractivity contribution < 1.29 is 23.9 Å². The fourth-order valence-corrected chi connectivity index (χ4v) is 4.49. The second-order valence-electron chi connectivity index (χ2n) is 8.56. The second kappa shape index (κ2) is 11.4. The first-order valence-corrected chi connectivity index (χ1v) is 12.2. The highest BCUT2D eigenvalue weighted by Gasteiger charge is 2.44. The molecule has 1 unspecified atom stereocenters. The number of aromatic nitrogens is 1. The van der Waals surface area contributed by atoms with Crippen LogP contribution >= 0.6 is 11.6 Å². The van der Waals surface area contributed by atoms with Crippen molar-refractivity contribution in [2.45, 2.75) is 13.0 Å². The number of urea groups is 2. The number of hydrogen-bond donors (Lipinski definition) is 2. The third-order valence-corrected chi connectivity index (χ3v) is 6.63. The van der Waals surface area contributed by atoms with Gasteiger partial charge in [-0.15, -0.1) is 0 Å². The highest BCUT2D eigenvalue weighted by molar-refractivity contribution is 6.31. The summed E-state index contributed by atoms with van der Waals surface area (Å²) in [5.41, 5.74) is 2.72. The first kappa shape index (κ1) is 26.7. The highest BCUT2D eigenvalue weighted by Crippen LogP contribution is 2.37. The number of nitrogens with zero attached hydrogens (tertiary/aromatic N) is 3. The molecule has 2 heterocycles. The number of pyridine rings is 1. The third kappa shape index (κ3) is 5.21. The number of carbonyl (C=O) groups is 3. The molecule has 0 bridgehead atoms. The van der Waals surface area contributed by atoms with Crippen molar-refractivity contribution in [3.8, 4) is 5.75 Å². The maximum absolute atomic E-state index is 13.4. The van der Waals surface area contributed by atoms with E-state index in [0.717, 1.165) is 21.5 Å². The van der Waals surface area contributed by atoms with Gasteiger partial charge in [-0.05, 0) is 48.9 Å². The Hall–Kier alpha value is -4.31. The first-order valence-electron chi connectivity index (χ1n) is 11.8. The van der Waals surface area contributed by atoms with E-state index in [9.17, 15) is 14.4 Å². The van der Waals surface area contributed by atoms with Gasteiger partial charge in [0.25, 0.3) is 0 Å². The average Bonchev–Trinajstić information content (AvgIpc) is 2.93. The zero-order valence-electron chi connectivity index (χ0n) is 21.4. The Morgan fingerprint density at radius 2 is 1.82 bits per heavy atom. The summed E-state index contributed by atoms with van der Waals surface area (Å²) in [5, 5.41) is 7.54. The summed E-state index contributed by atoms with van der Waals surface area (Å²) in [6, 6.07) is 11.9. The fraction of sp³-hybridized carbons (Fsp3) is 0.259. The maximum atomic E-state index is 13.4. The lowest BCUT2D eigenvalue weighted by Crippen LogP contribution is -2.55. The van der Waals surface area contributed by atoms with Crippen LogP contribution in [0.1, 0.15) is 18.5 Å². The number of rotatable bonds is 7. The molecule has 198 valence electrons. The number of allylic oxidation sites excluding steroid dienone is 1. The topological polar surface area (TPSA) is 113 Å². The van der Waals surface area contributed by atoms with Crippen LogP contribution in [0, 0.1) is 0 Å². The monoisotopic (exact) mass is 537 g/mol. The molecule has 0 saturated heterocycles. The molecule has 4 rings (SSSR count). The molecule has 1 aliphatic rings. The molecular weight excluding hydrogens is 510 g/mol. The van der Waals surface area contributed by atoms with Crippen LogP contribution in [-0.2, 0) is 9.53 Å². The van der Waals surface area contributed by atoms with Crippen LogP contribution in [0.3, 0.4) is 0 Å². The molecule has 38 heavy (non-hydrogen) atoms. The minimum atomic E-state index is -0.987. The molecule has 11 heteroatoms. The summed E-state index contributed by atoms with van der Waals surface area (Å²) in [5.74, 6) is -0.0342. The van der Waals surface area contributed by atoms with Gasteiger partial charge in [0.2, 0.25) is 0 Å². The highest BCUT2D eigenvalue weighted by atomic mass is 35.5. The normalized spacial score (nSPS) is 15.5. The molecule has 3 aromatic rings. The van der Waals surface area contributed by atoms with Gasteiger partial charge in [-0.2, -0.15) is 0 Å².